The highest BCUT2D eigenvalue weighted by molar-refractivity contribution is 6.34. The van der Waals surface area contributed by atoms with E-state index < -0.39 is 5.97 Å². The Balaban J connectivity index is 1.71. The Morgan fingerprint density at radius 2 is 1.85 bits per heavy atom. The highest BCUT2D eigenvalue weighted by Crippen LogP contribution is 2.23. The lowest BCUT2D eigenvalue weighted by atomic mass is 10.1. The van der Waals surface area contributed by atoms with Crippen LogP contribution in [-0.4, -0.2) is 30.6 Å². The number of carbonyl (C=O) groups is 2. The molecule has 6 nitrogen and oxygen atoms in total. The number of anilines is 1. The van der Waals surface area contributed by atoms with Gasteiger partial charge >= 0.3 is 5.97 Å². The Hall–Kier alpha value is -3.12. The summed E-state index contributed by atoms with van der Waals surface area (Å²) in [6, 6.07) is 15.7. The van der Waals surface area contributed by atoms with Crippen molar-refractivity contribution in [3.63, 3.8) is 0 Å². The molecule has 0 atom stereocenters. The quantitative estimate of drug-likeness (QED) is 0.547. The van der Waals surface area contributed by atoms with E-state index >= 15 is 0 Å². The van der Waals surface area contributed by atoms with E-state index in [2.05, 4.69) is 15.0 Å². The molecule has 1 amide bonds. The number of esters is 1. The number of pyridine rings is 1. The zero-order valence-corrected chi connectivity index (χ0v) is 14.6. The minimum Gasteiger partial charge on any atom is -0.482 e. The molecule has 3 aromatic rings. The molecular weight excluding hydrogens is 356 g/mol. The first-order valence-corrected chi connectivity index (χ1v) is 8.11. The SMILES string of the molecule is COC(=O)COc1ccc(NC(=O)c2cc3ccccc3c(Cl)n2)cc1. The Labute approximate surface area is 154 Å². The summed E-state index contributed by atoms with van der Waals surface area (Å²) in [5, 5.41) is 4.65. The third-order valence-corrected chi connectivity index (χ3v) is 3.91. The Morgan fingerprint density at radius 3 is 2.58 bits per heavy atom. The average Bonchev–Trinajstić information content (AvgIpc) is 2.67. The van der Waals surface area contributed by atoms with Gasteiger partial charge in [0, 0.05) is 11.1 Å². The second kappa shape index (κ2) is 7.84. The van der Waals surface area contributed by atoms with Gasteiger partial charge in [-0.15, -0.1) is 0 Å². The molecule has 0 unspecified atom stereocenters. The maximum Gasteiger partial charge on any atom is 0.343 e. The van der Waals surface area contributed by atoms with Crippen LogP contribution in [0.2, 0.25) is 5.15 Å². The molecule has 7 heteroatoms. The maximum atomic E-state index is 12.4. The fourth-order valence-corrected chi connectivity index (χ4v) is 2.57. The number of methoxy groups -OCH3 is 1. The number of nitrogens with one attached hydrogen (secondary N) is 1. The second-order valence-electron chi connectivity index (χ2n) is 5.36. The number of nitrogens with zero attached hydrogens (tertiary/aromatic N) is 1. The molecule has 0 radical (unpaired) electrons. The van der Waals surface area contributed by atoms with Crippen molar-refractivity contribution in [3.05, 3.63) is 65.4 Å². The number of benzene rings is 2. The lowest BCUT2D eigenvalue weighted by molar-refractivity contribution is -0.142. The smallest absolute Gasteiger partial charge is 0.343 e. The van der Waals surface area contributed by atoms with Gasteiger partial charge in [-0.05, 0) is 35.7 Å². The summed E-state index contributed by atoms with van der Waals surface area (Å²) in [4.78, 5) is 27.6. The number of halogens is 1. The molecule has 0 aliphatic rings. The highest BCUT2D eigenvalue weighted by Gasteiger charge is 2.12. The van der Waals surface area contributed by atoms with Crippen LogP contribution in [0.1, 0.15) is 10.5 Å². The predicted molar refractivity (Wildman–Crippen MR) is 98.7 cm³/mol. The summed E-state index contributed by atoms with van der Waals surface area (Å²) in [7, 11) is 1.29. The highest BCUT2D eigenvalue weighted by atomic mass is 35.5. The van der Waals surface area contributed by atoms with E-state index in [1.54, 1.807) is 30.3 Å². The average molecular weight is 371 g/mol. The van der Waals surface area contributed by atoms with Crippen molar-refractivity contribution < 1.29 is 19.1 Å². The molecule has 0 saturated heterocycles. The molecule has 1 heterocycles. The summed E-state index contributed by atoms with van der Waals surface area (Å²) in [6.07, 6.45) is 0. The summed E-state index contributed by atoms with van der Waals surface area (Å²) < 4.78 is 9.75. The molecule has 132 valence electrons. The van der Waals surface area contributed by atoms with Crippen molar-refractivity contribution in [1.29, 1.82) is 0 Å². The standard InChI is InChI=1S/C19H15ClN2O4/c1-25-17(23)11-26-14-8-6-13(7-9-14)21-19(24)16-10-12-4-2-3-5-15(12)18(20)22-16/h2-10H,11H2,1H3,(H,21,24). The van der Waals surface area contributed by atoms with Crippen molar-refractivity contribution in [1.82, 2.24) is 4.98 Å². The van der Waals surface area contributed by atoms with Crippen LogP contribution in [0.4, 0.5) is 5.69 Å². The van der Waals surface area contributed by atoms with E-state index in [1.165, 1.54) is 7.11 Å². The van der Waals surface area contributed by atoms with Crippen molar-refractivity contribution >= 4 is 39.9 Å². The third kappa shape index (κ3) is 4.10. The first kappa shape index (κ1) is 17.7. The van der Waals surface area contributed by atoms with Crippen LogP contribution in [0.25, 0.3) is 10.8 Å². The number of carbonyl (C=O) groups excluding carboxylic acids is 2. The second-order valence-corrected chi connectivity index (χ2v) is 5.72. The van der Waals surface area contributed by atoms with Gasteiger partial charge in [0.05, 0.1) is 7.11 Å². The van der Waals surface area contributed by atoms with Gasteiger partial charge in [-0.2, -0.15) is 0 Å². The van der Waals surface area contributed by atoms with Crippen molar-refractivity contribution in [2.24, 2.45) is 0 Å². The molecule has 26 heavy (non-hydrogen) atoms. The monoisotopic (exact) mass is 370 g/mol. The van der Waals surface area contributed by atoms with Crippen LogP contribution < -0.4 is 10.1 Å². The molecule has 0 saturated carbocycles. The van der Waals surface area contributed by atoms with Crippen molar-refractivity contribution in [3.8, 4) is 5.75 Å². The fourth-order valence-electron chi connectivity index (χ4n) is 2.30. The van der Waals surface area contributed by atoms with Crippen molar-refractivity contribution in [2.45, 2.75) is 0 Å². The Morgan fingerprint density at radius 1 is 1.12 bits per heavy atom. The fraction of sp³-hybridized carbons (Fsp3) is 0.105. The summed E-state index contributed by atoms with van der Waals surface area (Å²) in [5.74, 6) is -0.359. The zero-order chi connectivity index (χ0) is 18.5. The molecule has 1 N–H and O–H groups in total. The first-order valence-electron chi connectivity index (χ1n) is 7.73. The number of hydrogen-bond acceptors (Lipinski definition) is 5. The van der Waals surface area contributed by atoms with E-state index in [4.69, 9.17) is 16.3 Å². The molecule has 3 rings (SSSR count). The van der Waals surface area contributed by atoms with E-state index in [1.807, 2.05) is 24.3 Å². The van der Waals surface area contributed by atoms with E-state index in [0.717, 1.165) is 10.8 Å². The largest absolute Gasteiger partial charge is 0.482 e. The van der Waals surface area contributed by atoms with Crippen molar-refractivity contribution in [2.75, 3.05) is 19.0 Å². The zero-order valence-electron chi connectivity index (χ0n) is 13.9. The van der Waals surface area contributed by atoms with Crippen LogP contribution in [0.15, 0.2) is 54.6 Å². The van der Waals surface area contributed by atoms with Gasteiger partial charge in [-0.3, -0.25) is 4.79 Å². The minimum absolute atomic E-state index is 0.179. The van der Waals surface area contributed by atoms with Crippen LogP contribution in [0.3, 0.4) is 0 Å². The van der Waals surface area contributed by atoms with Gasteiger partial charge in [0.15, 0.2) is 6.61 Å². The molecule has 0 spiro atoms. The molecule has 1 aromatic heterocycles. The number of ether oxygens (including phenoxy) is 2. The molecular formula is C19H15ClN2O4. The van der Waals surface area contributed by atoms with E-state index in [-0.39, 0.29) is 23.4 Å². The normalized spacial score (nSPS) is 10.4. The van der Waals surface area contributed by atoms with Crippen LogP contribution in [0, 0.1) is 0 Å². The lowest BCUT2D eigenvalue weighted by Crippen LogP contribution is -2.14. The molecule has 2 aromatic carbocycles. The van der Waals surface area contributed by atoms with Crippen LogP contribution >= 0.6 is 11.6 Å². The lowest BCUT2D eigenvalue weighted by Gasteiger charge is -2.08. The minimum atomic E-state index is -0.471. The number of fused-ring (bicyclic) bond motifs is 1. The van der Waals surface area contributed by atoms with Crippen LogP contribution in [-0.2, 0) is 9.53 Å². The number of hydrogen-bond donors (Lipinski definition) is 1. The Kier molecular flexibility index (Phi) is 5.34. The Bertz CT molecular complexity index is 957. The molecule has 0 bridgehead atoms. The summed E-state index contributed by atoms with van der Waals surface area (Å²) in [5.41, 5.74) is 0.784. The number of rotatable bonds is 5. The maximum absolute atomic E-state index is 12.4. The molecule has 0 fully saturated rings. The van der Waals surface area contributed by atoms with E-state index in [0.29, 0.717) is 11.4 Å². The van der Waals surface area contributed by atoms with Gasteiger partial charge in [-0.25, -0.2) is 9.78 Å². The third-order valence-electron chi connectivity index (χ3n) is 3.62. The van der Waals surface area contributed by atoms with Gasteiger partial charge in [0.25, 0.3) is 5.91 Å². The molecule has 0 aliphatic carbocycles. The van der Waals surface area contributed by atoms with Crippen LogP contribution in [0.5, 0.6) is 5.75 Å². The number of amides is 1. The number of aromatic nitrogens is 1. The van der Waals surface area contributed by atoms with Gasteiger partial charge < -0.3 is 14.8 Å². The van der Waals surface area contributed by atoms with Gasteiger partial charge in [0.2, 0.25) is 0 Å². The van der Waals surface area contributed by atoms with Gasteiger partial charge in [0.1, 0.15) is 16.6 Å². The topological polar surface area (TPSA) is 77.5 Å². The summed E-state index contributed by atoms with van der Waals surface area (Å²) in [6.45, 7) is -0.179. The molecule has 0 aliphatic heterocycles. The van der Waals surface area contributed by atoms with E-state index in [9.17, 15) is 9.59 Å². The van der Waals surface area contributed by atoms with Gasteiger partial charge in [-0.1, -0.05) is 35.9 Å². The summed E-state index contributed by atoms with van der Waals surface area (Å²) >= 11 is 6.16. The first-order chi connectivity index (χ1) is 12.6. The predicted octanol–water partition coefficient (Wildman–Crippen LogP) is 3.69.